The summed E-state index contributed by atoms with van der Waals surface area (Å²) >= 11 is 0. The number of benzene rings is 2. The molecule has 5 rings (SSSR count). The van der Waals surface area contributed by atoms with Crippen LogP contribution in [0.1, 0.15) is 0 Å². The second-order valence-corrected chi connectivity index (χ2v) is 7.13. The van der Waals surface area contributed by atoms with Crippen LogP contribution >= 0.6 is 0 Å². The molecule has 0 amide bonds. The lowest BCUT2D eigenvalue weighted by atomic mass is 10.2. The molecule has 0 aliphatic carbocycles. The molecular weight excluding hydrogens is 402 g/mol. The van der Waals surface area contributed by atoms with Gasteiger partial charge in [-0.3, -0.25) is 0 Å². The molecule has 0 bridgehead atoms. The summed E-state index contributed by atoms with van der Waals surface area (Å²) in [7, 11) is 0. The number of nitrogens with zero attached hydrogens (tertiary/aromatic N) is 6. The number of halogens is 2. The van der Waals surface area contributed by atoms with Gasteiger partial charge in [0.1, 0.15) is 11.6 Å². The first-order valence-electron chi connectivity index (χ1n) is 9.85. The first-order valence-corrected chi connectivity index (χ1v) is 9.85. The fraction of sp³-hybridized carbons (Fsp3) is 0.182. The first kappa shape index (κ1) is 19.1. The van der Waals surface area contributed by atoms with Crippen molar-refractivity contribution in [1.29, 1.82) is 0 Å². The summed E-state index contributed by atoms with van der Waals surface area (Å²) in [6, 6.07) is 16.3. The van der Waals surface area contributed by atoms with E-state index in [1.54, 1.807) is 30.3 Å². The van der Waals surface area contributed by atoms with Crippen molar-refractivity contribution in [3.05, 3.63) is 72.3 Å². The summed E-state index contributed by atoms with van der Waals surface area (Å²) in [6.45, 7) is 2.79. The van der Waals surface area contributed by atoms with Gasteiger partial charge in [-0.25, -0.2) is 8.78 Å². The topological polar surface area (TPSA) is 71.2 Å². The molecule has 3 heterocycles. The largest absolute Gasteiger partial charge is 0.366 e. The van der Waals surface area contributed by atoms with E-state index in [0.29, 0.717) is 48.9 Å². The predicted molar refractivity (Wildman–Crippen MR) is 112 cm³/mol. The lowest BCUT2D eigenvalue weighted by Gasteiger charge is -2.36. The van der Waals surface area contributed by atoms with Gasteiger partial charge >= 0.3 is 0 Å². The molecule has 156 valence electrons. The summed E-state index contributed by atoms with van der Waals surface area (Å²) in [6.07, 6.45) is 0. The molecule has 0 saturated carbocycles. The molecule has 9 heteroatoms. The number of para-hydroxylation sites is 1. The zero-order chi connectivity index (χ0) is 21.2. The second-order valence-electron chi connectivity index (χ2n) is 7.13. The summed E-state index contributed by atoms with van der Waals surface area (Å²) in [5.74, 6) is 0.784. The summed E-state index contributed by atoms with van der Waals surface area (Å²) < 4.78 is 32.4. The van der Waals surface area contributed by atoms with E-state index >= 15 is 0 Å². The van der Waals surface area contributed by atoms with Gasteiger partial charge in [-0.15, -0.1) is 10.2 Å². The molecule has 7 nitrogen and oxygen atoms in total. The average molecular weight is 420 g/mol. The van der Waals surface area contributed by atoms with Crippen molar-refractivity contribution < 1.29 is 13.3 Å². The van der Waals surface area contributed by atoms with Gasteiger partial charge in [-0.05, 0) is 48.5 Å². The zero-order valence-electron chi connectivity index (χ0n) is 16.4. The third kappa shape index (κ3) is 3.94. The van der Waals surface area contributed by atoms with Crippen molar-refractivity contribution in [3.63, 3.8) is 0 Å². The Bertz CT molecular complexity index is 1170. The van der Waals surface area contributed by atoms with Crippen molar-refractivity contribution in [2.24, 2.45) is 0 Å². The van der Waals surface area contributed by atoms with Crippen LogP contribution in [0, 0.1) is 11.6 Å². The Kier molecular flexibility index (Phi) is 4.99. The fourth-order valence-electron chi connectivity index (χ4n) is 3.54. The highest BCUT2D eigenvalue weighted by molar-refractivity contribution is 5.58. The van der Waals surface area contributed by atoms with E-state index in [2.05, 4.69) is 25.2 Å². The second kappa shape index (κ2) is 8.10. The van der Waals surface area contributed by atoms with Crippen LogP contribution < -0.4 is 9.80 Å². The van der Waals surface area contributed by atoms with Crippen LogP contribution in [0.2, 0.25) is 0 Å². The number of hydrogen-bond donors (Lipinski definition) is 0. The zero-order valence-corrected chi connectivity index (χ0v) is 16.4. The Balaban J connectivity index is 1.26. The van der Waals surface area contributed by atoms with Crippen LogP contribution in [0.4, 0.5) is 20.3 Å². The molecule has 2 aromatic carbocycles. The summed E-state index contributed by atoms with van der Waals surface area (Å²) in [5, 5.41) is 12.4. The highest BCUT2D eigenvalue weighted by Crippen LogP contribution is 2.24. The maximum atomic E-state index is 14.0. The smallest absolute Gasteiger partial charge is 0.278 e. The van der Waals surface area contributed by atoms with Gasteiger partial charge in [0.2, 0.25) is 5.82 Å². The molecule has 0 N–H and O–H groups in total. The van der Waals surface area contributed by atoms with Crippen LogP contribution in [0.25, 0.3) is 23.0 Å². The van der Waals surface area contributed by atoms with E-state index in [9.17, 15) is 8.78 Å². The Morgan fingerprint density at radius 3 is 2.23 bits per heavy atom. The molecule has 0 radical (unpaired) electrons. The van der Waals surface area contributed by atoms with Crippen LogP contribution in [0.3, 0.4) is 0 Å². The minimum Gasteiger partial charge on any atom is -0.366 e. The van der Waals surface area contributed by atoms with Crippen molar-refractivity contribution in [2.75, 3.05) is 36.0 Å². The van der Waals surface area contributed by atoms with Crippen molar-refractivity contribution >= 4 is 11.5 Å². The van der Waals surface area contributed by atoms with E-state index in [4.69, 9.17) is 4.52 Å². The molecule has 1 fully saturated rings. The summed E-state index contributed by atoms with van der Waals surface area (Å²) in [4.78, 5) is 8.45. The molecule has 1 aliphatic heterocycles. The van der Waals surface area contributed by atoms with E-state index in [-0.39, 0.29) is 17.5 Å². The minimum absolute atomic E-state index is 0.209. The average Bonchev–Trinajstić information content (AvgIpc) is 3.31. The Morgan fingerprint density at radius 1 is 0.774 bits per heavy atom. The van der Waals surface area contributed by atoms with Gasteiger partial charge in [0, 0.05) is 31.7 Å². The molecule has 0 atom stereocenters. The number of aromatic nitrogens is 4. The van der Waals surface area contributed by atoms with E-state index in [0.717, 1.165) is 5.82 Å². The normalized spacial score (nSPS) is 14.1. The van der Waals surface area contributed by atoms with Gasteiger partial charge in [0.15, 0.2) is 11.5 Å². The molecule has 0 unspecified atom stereocenters. The molecule has 4 aromatic rings. The van der Waals surface area contributed by atoms with Gasteiger partial charge in [0.25, 0.3) is 5.89 Å². The Labute approximate surface area is 177 Å². The number of rotatable bonds is 4. The number of anilines is 2. The molecular formula is C22H18F2N6O. The van der Waals surface area contributed by atoms with E-state index < -0.39 is 0 Å². The van der Waals surface area contributed by atoms with Gasteiger partial charge < -0.3 is 14.3 Å². The van der Waals surface area contributed by atoms with E-state index in [1.807, 2.05) is 17.0 Å². The number of hydrogen-bond acceptors (Lipinski definition) is 7. The van der Waals surface area contributed by atoms with Crippen LogP contribution in [-0.2, 0) is 0 Å². The third-order valence-electron chi connectivity index (χ3n) is 5.19. The van der Waals surface area contributed by atoms with Crippen LogP contribution in [0.5, 0.6) is 0 Å². The predicted octanol–water partition coefficient (Wildman–Crippen LogP) is 3.80. The SMILES string of the molecule is Fc1ccc(-c2noc(-c3ccc(N4CCN(c5ccccc5F)CC4)nn3)n2)cc1. The maximum Gasteiger partial charge on any atom is 0.278 e. The lowest BCUT2D eigenvalue weighted by Crippen LogP contribution is -2.47. The van der Waals surface area contributed by atoms with Crippen LogP contribution in [-0.4, -0.2) is 46.5 Å². The van der Waals surface area contributed by atoms with Crippen molar-refractivity contribution in [1.82, 2.24) is 20.3 Å². The Hall–Kier alpha value is -3.88. The quantitative estimate of drug-likeness (QED) is 0.497. The maximum absolute atomic E-state index is 14.0. The molecule has 31 heavy (non-hydrogen) atoms. The highest BCUT2D eigenvalue weighted by atomic mass is 19.1. The van der Waals surface area contributed by atoms with Crippen LogP contribution in [0.15, 0.2) is 65.2 Å². The van der Waals surface area contributed by atoms with Gasteiger partial charge in [0.05, 0.1) is 5.69 Å². The highest BCUT2D eigenvalue weighted by Gasteiger charge is 2.21. The monoisotopic (exact) mass is 420 g/mol. The van der Waals surface area contributed by atoms with Gasteiger partial charge in [-0.1, -0.05) is 17.3 Å². The van der Waals surface area contributed by atoms with Gasteiger partial charge in [-0.2, -0.15) is 4.98 Å². The summed E-state index contributed by atoms with van der Waals surface area (Å²) in [5.41, 5.74) is 1.72. The Morgan fingerprint density at radius 2 is 1.52 bits per heavy atom. The molecule has 0 spiro atoms. The van der Waals surface area contributed by atoms with E-state index in [1.165, 1.54) is 18.2 Å². The third-order valence-corrected chi connectivity index (χ3v) is 5.19. The lowest BCUT2D eigenvalue weighted by molar-refractivity contribution is 0.430. The molecule has 1 saturated heterocycles. The first-order chi connectivity index (χ1) is 15.2. The minimum atomic E-state index is -0.330. The van der Waals surface area contributed by atoms with Crippen molar-refractivity contribution in [3.8, 4) is 23.0 Å². The van der Waals surface area contributed by atoms with Crippen molar-refractivity contribution in [2.45, 2.75) is 0 Å². The fourth-order valence-corrected chi connectivity index (χ4v) is 3.54. The standard InChI is InChI=1S/C22H18F2N6O/c23-16-7-5-15(6-8-16)21-25-22(31-28-21)18-9-10-20(27-26-18)30-13-11-29(12-14-30)19-4-2-1-3-17(19)24/h1-10H,11-14H2. The molecule has 1 aliphatic rings. The number of piperazine rings is 1. The molecule has 2 aromatic heterocycles.